The van der Waals surface area contributed by atoms with E-state index in [2.05, 4.69) is 0 Å². The zero-order chi connectivity index (χ0) is 9.14. The normalized spacial score (nSPS) is 27.4. The third-order valence-electron chi connectivity index (χ3n) is 2.34. The number of hydrogen-bond donors (Lipinski definition) is 0. The SMILES string of the molecule is O=C([O-])C1CCCC(C(=O)[O-])C1.[Ca+2]. The fourth-order valence-corrected chi connectivity index (χ4v) is 1.62. The fourth-order valence-electron chi connectivity index (χ4n) is 1.62. The Morgan fingerprint density at radius 1 is 1.00 bits per heavy atom. The Bertz CT molecular complexity index is 184. The van der Waals surface area contributed by atoms with Crippen LogP contribution in [0.1, 0.15) is 25.7 Å². The molecule has 0 aromatic rings. The second-order valence-corrected chi connectivity index (χ2v) is 3.20. The number of hydrogen-bond acceptors (Lipinski definition) is 4. The van der Waals surface area contributed by atoms with E-state index in [1.807, 2.05) is 0 Å². The van der Waals surface area contributed by atoms with Gasteiger partial charge in [0.1, 0.15) is 0 Å². The molecular weight excluding hydrogens is 200 g/mol. The molecule has 0 N–H and O–H groups in total. The molecule has 0 amide bonds. The van der Waals surface area contributed by atoms with E-state index >= 15 is 0 Å². The molecule has 4 nitrogen and oxygen atoms in total. The van der Waals surface area contributed by atoms with E-state index in [1.165, 1.54) is 0 Å². The summed E-state index contributed by atoms with van der Waals surface area (Å²) in [6.07, 6.45) is 1.88. The summed E-state index contributed by atoms with van der Waals surface area (Å²) in [5, 5.41) is 20.8. The van der Waals surface area contributed by atoms with Crippen molar-refractivity contribution in [3.63, 3.8) is 0 Å². The predicted octanol–water partition coefficient (Wildman–Crippen LogP) is -2.09. The fraction of sp³-hybridized carbons (Fsp3) is 0.750. The summed E-state index contributed by atoms with van der Waals surface area (Å²) < 4.78 is 0. The van der Waals surface area contributed by atoms with Gasteiger partial charge in [0.05, 0.1) is 0 Å². The Hall–Kier alpha value is 0.200. The molecule has 0 saturated heterocycles. The molecule has 0 spiro atoms. The van der Waals surface area contributed by atoms with Crippen molar-refractivity contribution in [1.82, 2.24) is 0 Å². The smallest absolute Gasteiger partial charge is 0.550 e. The molecule has 68 valence electrons. The minimum absolute atomic E-state index is 0. The Morgan fingerprint density at radius 2 is 1.38 bits per heavy atom. The van der Waals surface area contributed by atoms with E-state index in [1.54, 1.807) is 0 Å². The molecule has 1 fully saturated rings. The van der Waals surface area contributed by atoms with E-state index in [0.717, 1.165) is 0 Å². The maximum Gasteiger partial charge on any atom is 2.00 e. The molecule has 5 heteroatoms. The molecule has 1 aliphatic carbocycles. The van der Waals surface area contributed by atoms with E-state index < -0.39 is 23.8 Å². The Labute approximate surface area is 106 Å². The maximum absolute atomic E-state index is 10.4. The van der Waals surface area contributed by atoms with Crippen LogP contribution in [0.5, 0.6) is 0 Å². The minimum Gasteiger partial charge on any atom is -0.550 e. The van der Waals surface area contributed by atoms with Gasteiger partial charge in [-0.2, -0.15) is 0 Å². The quantitative estimate of drug-likeness (QED) is 0.489. The van der Waals surface area contributed by atoms with Crippen LogP contribution >= 0.6 is 0 Å². The van der Waals surface area contributed by atoms with E-state index in [0.29, 0.717) is 19.3 Å². The van der Waals surface area contributed by atoms with Crippen LogP contribution in [0.15, 0.2) is 0 Å². The van der Waals surface area contributed by atoms with Crippen LogP contribution in [0.25, 0.3) is 0 Å². The van der Waals surface area contributed by atoms with Crippen LogP contribution < -0.4 is 10.2 Å². The molecular formula is C8H10CaO4. The Morgan fingerprint density at radius 3 is 1.69 bits per heavy atom. The Kier molecular flexibility index (Phi) is 5.92. The predicted molar refractivity (Wildman–Crippen MR) is 41.2 cm³/mol. The second-order valence-electron chi connectivity index (χ2n) is 3.20. The van der Waals surface area contributed by atoms with Crippen molar-refractivity contribution in [2.24, 2.45) is 11.8 Å². The second kappa shape index (κ2) is 5.83. The summed E-state index contributed by atoms with van der Waals surface area (Å²) in [4.78, 5) is 20.8. The van der Waals surface area contributed by atoms with E-state index in [9.17, 15) is 19.8 Å². The van der Waals surface area contributed by atoms with Crippen LogP contribution in [0.3, 0.4) is 0 Å². The van der Waals surface area contributed by atoms with Crippen LogP contribution in [0.4, 0.5) is 0 Å². The van der Waals surface area contributed by atoms with Gasteiger partial charge in [0.2, 0.25) is 0 Å². The maximum atomic E-state index is 10.4. The molecule has 0 bridgehead atoms. The molecule has 0 aliphatic heterocycles. The molecule has 2 atom stereocenters. The van der Waals surface area contributed by atoms with Gasteiger partial charge in [-0.1, -0.05) is 6.42 Å². The van der Waals surface area contributed by atoms with Crippen LogP contribution in [-0.4, -0.2) is 49.7 Å². The first-order valence-electron chi connectivity index (χ1n) is 4.03. The number of carbonyl (C=O) groups excluding carboxylic acids is 2. The molecule has 2 unspecified atom stereocenters. The van der Waals surface area contributed by atoms with Gasteiger partial charge in [0, 0.05) is 11.9 Å². The van der Waals surface area contributed by atoms with E-state index in [4.69, 9.17) is 0 Å². The van der Waals surface area contributed by atoms with Gasteiger partial charge in [-0.3, -0.25) is 0 Å². The number of carboxylic acid groups (broad SMARTS) is 2. The van der Waals surface area contributed by atoms with Gasteiger partial charge < -0.3 is 19.8 Å². The molecule has 0 aromatic carbocycles. The number of carboxylic acids is 2. The van der Waals surface area contributed by atoms with Crippen molar-refractivity contribution in [2.75, 3.05) is 0 Å². The van der Waals surface area contributed by atoms with Crippen molar-refractivity contribution in [1.29, 1.82) is 0 Å². The van der Waals surface area contributed by atoms with Crippen molar-refractivity contribution in [3.05, 3.63) is 0 Å². The first-order chi connectivity index (χ1) is 5.61. The monoisotopic (exact) mass is 210 g/mol. The molecule has 1 rings (SSSR count). The summed E-state index contributed by atoms with van der Waals surface area (Å²) >= 11 is 0. The van der Waals surface area contributed by atoms with Gasteiger partial charge in [0.15, 0.2) is 0 Å². The summed E-state index contributed by atoms with van der Waals surface area (Å²) in [7, 11) is 0. The van der Waals surface area contributed by atoms with Crippen LogP contribution in [-0.2, 0) is 9.59 Å². The molecule has 1 saturated carbocycles. The third kappa shape index (κ3) is 3.83. The van der Waals surface area contributed by atoms with E-state index in [-0.39, 0.29) is 44.2 Å². The average Bonchev–Trinajstić information content (AvgIpc) is 2.04. The van der Waals surface area contributed by atoms with Gasteiger partial charge in [-0.25, -0.2) is 0 Å². The molecule has 1 aliphatic rings. The number of carbonyl (C=O) groups is 2. The van der Waals surface area contributed by atoms with Gasteiger partial charge in [0.25, 0.3) is 0 Å². The zero-order valence-electron chi connectivity index (χ0n) is 7.32. The van der Waals surface area contributed by atoms with Crippen LogP contribution in [0.2, 0.25) is 0 Å². The topological polar surface area (TPSA) is 80.3 Å². The van der Waals surface area contributed by atoms with Crippen molar-refractivity contribution in [3.8, 4) is 0 Å². The van der Waals surface area contributed by atoms with Crippen molar-refractivity contribution < 1.29 is 19.8 Å². The summed E-state index contributed by atoms with van der Waals surface area (Å²) in [5.74, 6) is -3.47. The summed E-state index contributed by atoms with van der Waals surface area (Å²) in [6, 6.07) is 0. The van der Waals surface area contributed by atoms with Gasteiger partial charge in [-0.05, 0) is 31.1 Å². The zero-order valence-corrected chi connectivity index (χ0v) is 9.53. The molecule has 13 heavy (non-hydrogen) atoms. The van der Waals surface area contributed by atoms with Crippen LogP contribution in [0, 0.1) is 11.8 Å². The number of rotatable bonds is 2. The minimum atomic E-state index is -1.14. The molecule has 0 aromatic heterocycles. The Balaban J connectivity index is 0.00000144. The third-order valence-corrected chi connectivity index (χ3v) is 2.34. The summed E-state index contributed by atoms with van der Waals surface area (Å²) in [5.41, 5.74) is 0. The first-order valence-corrected chi connectivity index (χ1v) is 4.03. The molecule has 0 heterocycles. The molecule has 0 radical (unpaired) electrons. The van der Waals surface area contributed by atoms with Gasteiger partial charge >= 0.3 is 37.7 Å². The largest absolute Gasteiger partial charge is 2.00 e. The standard InChI is InChI=1S/C8H12O4.Ca/c9-7(10)5-2-1-3-6(4-5)8(11)12;/h5-6H,1-4H2,(H,9,10)(H,11,12);/q;+2/p-2. The first kappa shape index (κ1) is 13.2. The average molecular weight is 210 g/mol. The number of aliphatic carboxylic acids is 2. The summed E-state index contributed by atoms with van der Waals surface area (Å²) in [6.45, 7) is 0. The van der Waals surface area contributed by atoms with Gasteiger partial charge in [-0.15, -0.1) is 0 Å². The van der Waals surface area contributed by atoms with Crippen molar-refractivity contribution in [2.45, 2.75) is 25.7 Å². The van der Waals surface area contributed by atoms with Crippen molar-refractivity contribution >= 4 is 49.7 Å².